The Hall–Kier alpha value is -2.42. The average Bonchev–Trinajstić information content (AvgIpc) is 3.10. The minimum atomic E-state index is -3.47. The van der Waals surface area contributed by atoms with Gasteiger partial charge in [0.05, 0.1) is 29.4 Å². The molecule has 2 N–H and O–H groups in total. The third-order valence-electron chi connectivity index (χ3n) is 6.29. The normalized spacial score (nSPS) is 22.0. The van der Waals surface area contributed by atoms with Crippen molar-refractivity contribution in [2.75, 3.05) is 18.4 Å². The maximum Gasteiger partial charge on any atom is 0.244 e. The Balaban J connectivity index is 1.27. The predicted octanol–water partition coefficient (Wildman–Crippen LogP) is 3.00. The van der Waals surface area contributed by atoms with E-state index in [1.165, 1.54) is 5.52 Å². The van der Waals surface area contributed by atoms with Gasteiger partial charge in [-0.05, 0) is 63.0 Å². The fourth-order valence-corrected chi connectivity index (χ4v) is 6.09. The minimum Gasteiger partial charge on any atom is -0.368 e. The number of likely N-dealkylation sites (tertiary alicyclic amines) is 1. The van der Waals surface area contributed by atoms with Gasteiger partial charge in [0.2, 0.25) is 10.0 Å². The number of imidazole rings is 1. The number of hydrogen-bond acceptors (Lipinski definition) is 5. The molecule has 3 heterocycles. The highest BCUT2D eigenvalue weighted by Crippen LogP contribution is 2.31. The van der Waals surface area contributed by atoms with Crippen molar-refractivity contribution in [2.45, 2.75) is 43.9 Å². The molecule has 2 aromatic carbocycles. The van der Waals surface area contributed by atoms with Crippen LogP contribution in [0.15, 0.2) is 53.4 Å². The molecule has 0 spiro atoms. The van der Waals surface area contributed by atoms with Crippen LogP contribution in [-0.4, -0.2) is 42.1 Å². The lowest BCUT2D eigenvalue weighted by Crippen LogP contribution is -2.51. The summed E-state index contributed by atoms with van der Waals surface area (Å²) in [6.45, 7) is 5.74. The molecule has 0 unspecified atom stereocenters. The van der Waals surface area contributed by atoms with Gasteiger partial charge in [-0.3, -0.25) is 4.90 Å². The molecule has 3 aromatic rings. The number of benzene rings is 2. The highest BCUT2D eigenvalue weighted by Gasteiger charge is 2.35. The number of sulfonamides is 1. The molecular formula is C22H27N5O2S. The molecule has 0 bridgehead atoms. The molecule has 1 aromatic heterocycles. The molecule has 1 saturated heterocycles. The first-order valence-electron chi connectivity index (χ1n) is 10.6. The maximum absolute atomic E-state index is 12.6. The first kappa shape index (κ1) is 19.5. The predicted molar refractivity (Wildman–Crippen MR) is 118 cm³/mol. The van der Waals surface area contributed by atoms with E-state index in [2.05, 4.69) is 44.6 Å². The van der Waals surface area contributed by atoms with Crippen LogP contribution in [0.4, 0.5) is 5.69 Å². The van der Waals surface area contributed by atoms with E-state index in [9.17, 15) is 8.42 Å². The Morgan fingerprint density at radius 1 is 1.07 bits per heavy atom. The van der Waals surface area contributed by atoms with Gasteiger partial charge < -0.3 is 9.88 Å². The SMILES string of the molecule is CCn1c(CN2CCC([C@@H]3Nc4ccccc4S(=O)(=O)N3)CC2)nc2ccccc21. The van der Waals surface area contributed by atoms with Gasteiger partial charge in [0.25, 0.3) is 0 Å². The van der Waals surface area contributed by atoms with Crippen LogP contribution in [0.5, 0.6) is 0 Å². The fraction of sp³-hybridized carbons (Fsp3) is 0.409. The van der Waals surface area contributed by atoms with Gasteiger partial charge in [-0.25, -0.2) is 13.4 Å². The molecule has 0 radical (unpaired) electrons. The Morgan fingerprint density at radius 2 is 1.80 bits per heavy atom. The zero-order valence-corrected chi connectivity index (χ0v) is 17.9. The molecule has 1 fully saturated rings. The van der Waals surface area contributed by atoms with Crippen LogP contribution in [0, 0.1) is 5.92 Å². The van der Waals surface area contributed by atoms with E-state index >= 15 is 0 Å². The van der Waals surface area contributed by atoms with E-state index < -0.39 is 10.0 Å². The molecule has 0 aliphatic carbocycles. The molecule has 158 valence electrons. The summed E-state index contributed by atoms with van der Waals surface area (Å²) < 4.78 is 30.4. The Labute approximate surface area is 177 Å². The summed E-state index contributed by atoms with van der Waals surface area (Å²) >= 11 is 0. The molecule has 0 saturated carbocycles. The van der Waals surface area contributed by atoms with Crippen molar-refractivity contribution in [2.24, 2.45) is 5.92 Å². The van der Waals surface area contributed by atoms with Crippen molar-refractivity contribution in [3.8, 4) is 0 Å². The third kappa shape index (κ3) is 3.49. The number of para-hydroxylation sites is 3. The second kappa shape index (κ2) is 7.68. The van der Waals surface area contributed by atoms with Crippen molar-refractivity contribution < 1.29 is 8.42 Å². The number of fused-ring (bicyclic) bond motifs is 2. The molecule has 0 amide bonds. The summed E-state index contributed by atoms with van der Waals surface area (Å²) in [7, 11) is -3.47. The van der Waals surface area contributed by atoms with Crippen molar-refractivity contribution in [3.05, 3.63) is 54.4 Å². The van der Waals surface area contributed by atoms with E-state index in [-0.39, 0.29) is 12.1 Å². The van der Waals surface area contributed by atoms with Gasteiger partial charge in [0, 0.05) is 6.54 Å². The summed E-state index contributed by atoms with van der Waals surface area (Å²) in [4.78, 5) is 7.60. The van der Waals surface area contributed by atoms with E-state index in [1.54, 1.807) is 12.1 Å². The number of piperidine rings is 1. The Kier molecular flexibility index (Phi) is 5.00. The standard InChI is InChI=1S/C22H27N5O2S/c1-2-27-19-9-5-3-7-17(19)23-21(27)15-26-13-11-16(12-14-26)22-24-18-8-4-6-10-20(18)30(28,29)25-22/h3-10,16,22,24-25H,2,11-15H2,1H3/t22-/m1/s1. The van der Waals surface area contributed by atoms with Crippen LogP contribution >= 0.6 is 0 Å². The lowest BCUT2D eigenvalue weighted by atomic mass is 9.93. The molecule has 7 nitrogen and oxygen atoms in total. The van der Waals surface area contributed by atoms with E-state index in [1.807, 2.05) is 18.2 Å². The van der Waals surface area contributed by atoms with E-state index in [0.29, 0.717) is 10.6 Å². The zero-order chi connectivity index (χ0) is 20.7. The lowest BCUT2D eigenvalue weighted by molar-refractivity contribution is 0.159. The van der Waals surface area contributed by atoms with E-state index in [0.717, 1.165) is 50.4 Å². The van der Waals surface area contributed by atoms with Crippen molar-refractivity contribution in [1.82, 2.24) is 19.2 Å². The number of anilines is 1. The lowest BCUT2D eigenvalue weighted by Gasteiger charge is -2.38. The molecule has 2 aliphatic rings. The molecule has 30 heavy (non-hydrogen) atoms. The van der Waals surface area contributed by atoms with Gasteiger partial charge in [0.1, 0.15) is 10.7 Å². The third-order valence-corrected chi connectivity index (χ3v) is 7.79. The fourth-order valence-electron chi connectivity index (χ4n) is 4.71. The topological polar surface area (TPSA) is 79.3 Å². The van der Waals surface area contributed by atoms with Gasteiger partial charge in [0.15, 0.2) is 0 Å². The monoisotopic (exact) mass is 425 g/mol. The summed E-state index contributed by atoms with van der Waals surface area (Å²) in [5.41, 5.74) is 2.92. The summed E-state index contributed by atoms with van der Waals surface area (Å²) in [5.74, 6) is 1.36. The quantitative estimate of drug-likeness (QED) is 0.672. The largest absolute Gasteiger partial charge is 0.368 e. The average molecular weight is 426 g/mol. The zero-order valence-electron chi connectivity index (χ0n) is 17.1. The van der Waals surface area contributed by atoms with Crippen molar-refractivity contribution >= 4 is 26.7 Å². The highest BCUT2D eigenvalue weighted by atomic mass is 32.2. The number of hydrogen-bond donors (Lipinski definition) is 2. The van der Waals surface area contributed by atoms with Crippen LogP contribution in [0.1, 0.15) is 25.6 Å². The second-order valence-corrected chi connectivity index (χ2v) is 9.80. The number of nitrogens with one attached hydrogen (secondary N) is 2. The Bertz CT molecular complexity index is 1170. The van der Waals surface area contributed by atoms with Crippen LogP contribution in [0.25, 0.3) is 11.0 Å². The molecular weight excluding hydrogens is 398 g/mol. The highest BCUT2D eigenvalue weighted by molar-refractivity contribution is 7.89. The molecule has 8 heteroatoms. The summed E-state index contributed by atoms with van der Waals surface area (Å²) in [6.07, 6.45) is 1.62. The van der Waals surface area contributed by atoms with Crippen LogP contribution < -0.4 is 10.0 Å². The van der Waals surface area contributed by atoms with Crippen molar-refractivity contribution in [3.63, 3.8) is 0 Å². The van der Waals surface area contributed by atoms with Gasteiger partial charge in [-0.2, -0.15) is 4.72 Å². The molecule has 5 rings (SSSR count). The molecule has 1 atom stereocenters. The van der Waals surface area contributed by atoms with Crippen LogP contribution in [0.2, 0.25) is 0 Å². The second-order valence-electron chi connectivity index (χ2n) is 8.11. The Morgan fingerprint density at radius 3 is 2.60 bits per heavy atom. The maximum atomic E-state index is 12.6. The van der Waals surface area contributed by atoms with Crippen LogP contribution in [0.3, 0.4) is 0 Å². The van der Waals surface area contributed by atoms with Crippen molar-refractivity contribution in [1.29, 1.82) is 0 Å². The van der Waals surface area contributed by atoms with E-state index in [4.69, 9.17) is 4.98 Å². The van der Waals surface area contributed by atoms with Crippen LogP contribution in [-0.2, 0) is 23.1 Å². The number of aryl methyl sites for hydroxylation is 1. The number of nitrogens with zero attached hydrogens (tertiary/aromatic N) is 3. The smallest absolute Gasteiger partial charge is 0.244 e. The first-order valence-corrected chi connectivity index (χ1v) is 12.1. The van der Waals surface area contributed by atoms with Gasteiger partial charge >= 0.3 is 0 Å². The summed E-state index contributed by atoms with van der Waals surface area (Å²) in [6, 6.07) is 15.4. The number of aromatic nitrogens is 2. The first-order chi connectivity index (χ1) is 14.5. The number of rotatable bonds is 4. The summed E-state index contributed by atoms with van der Waals surface area (Å²) in [5, 5.41) is 3.40. The van der Waals surface area contributed by atoms with Gasteiger partial charge in [-0.1, -0.05) is 24.3 Å². The van der Waals surface area contributed by atoms with Gasteiger partial charge in [-0.15, -0.1) is 0 Å². The molecule has 2 aliphatic heterocycles. The minimum absolute atomic E-state index is 0.257.